The molecule has 0 spiro atoms. The van der Waals surface area contributed by atoms with Gasteiger partial charge in [0.1, 0.15) is 17.3 Å². The number of rotatable bonds is 3. The molecule has 0 bridgehead atoms. The average molecular weight is 349 g/mol. The molecule has 0 aliphatic carbocycles. The molecule has 128 valence electrons. The van der Waals surface area contributed by atoms with E-state index in [9.17, 15) is 18.7 Å². The van der Waals surface area contributed by atoms with Gasteiger partial charge in [-0.3, -0.25) is 0 Å². The van der Waals surface area contributed by atoms with E-state index in [2.05, 4.69) is 4.98 Å². The number of aromatic carboxylic acids is 1. The lowest BCUT2D eigenvalue weighted by Gasteiger charge is -2.04. The number of carboxylic acid groups (broad SMARTS) is 1. The number of fused-ring (bicyclic) bond motifs is 1. The first-order valence-electron chi connectivity index (χ1n) is 7.94. The highest BCUT2D eigenvalue weighted by Gasteiger charge is 2.19. The summed E-state index contributed by atoms with van der Waals surface area (Å²) in [5.74, 6) is -1.80. The first kappa shape index (κ1) is 16.0. The monoisotopic (exact) mass is 349 g/mol. The Hall–Kier alpha value is -3.47. The standard InChI is InChI=1S/C21H13F2NO2/c22-15-6-1-12(2-7-15)14-5-10-17-18(11-14)24-20(21(25)26)19(17)13-3-8-16(23)9-4-13/h1-11,24H,(H,25,26). The number of hydrogen-bond donors (Lipinski definition) is 2. The summed E-state index contributed by atoms with van der Waals surface area (Å²) < 4.78 is 26.3. The van der Waals surface area contributed by atoms with Crippen molar-refractivity contribution in [2.45, 2.75) is 0 Å². The van der Waals surface area contributed by atoms with Crippen molar-refractivity contribution in [2.75, 3.05) is 0 Å². The second kappa shape index (κ2) is 6.11. The lowest BCUT2D eigenvalue weighted by Crippen LogP contribution is -1.98. The average Bonchev–Trinajstić information content (AvgIpc) is 3.02. The Kier molecular flexibility index (Phi) is 3.77. The van der Waals surface area contributed by atoms with Gasteiger partial charge >= 0.3 is 5.97 Å². The van der Waals surface area contributed by atoms with Crippen LogP contribution in [-0.4, -0.2) is 16.1 Å². The summed E-state index contributed by atoms with van der Waals surface area (Å²) in [6.45, 7) is 0. The molecule has 1 aromatic heterocycles. The molecular weight excluding hydrogens is 336 g/mol. The smallest absolute Gasteiger partial charge is 0.352 e. The summed E-state index contributed by atoms with van der Waals surface area (Å²) in [7, 11) is 0. The minimum atomic E-state index is -1.09. The number of halogens is 2. The third kappa shape index (κ3) is 2.73. The first-order chi connectivity index (χ1) is 12.5. The topological polar surface area (TPSA) is 53.1 Å². The molecule has 0 saturated heterocycles. The van der Waals surface area contributed by atoms with Crippen LogP contribution in [0.3, 0.4) is 0 Å². The predicted molar refractivity (Wildman–Crippen MR) is 96.0 cm³/mol. The quantitative estimate of drug-likeness (QED) is 0.515. The molecule has 0 amide bonds. The van der Waals surface area contributed by atoms with Gasteiger partial charge in [-0.25, -0.2) is 13.6 Å². The van der Waals surface area contributed by atoms with E-state index in [0.29, 0.717) is 16.6 Å². The Morgan fingerprint density at radius 3 is 1.88 bits per heavy atom. The van der Waals surface area contributed by atoms with Crippen molar-refractivity contribution in [1.29, 1.82) is 0 Å². The predicted octanol–water partition coefficient (Wildman–Crippen LogP) is 5.48. The van der Waals surface area contributed by atoms with E-state index in [4.69, 9.17) is 0 Å². The molecule has 0 unspecified atom stereocenters. The third-order valence-corrected chi connectivity index (χ3v) is 4.32. The van der Waals surface area contributed by atoms with Crippen LogP contribution in [0.5, 0.6) is 0 Å². The van der Waals surface area contributed by atoms with Gasteiger partial charge in [0, 0.05) is 16.5 Å². The molecule has 1 heterocycles. The van der Waals surface area contributed by atoms with Gasteiger partial charge in [-0.2, -0.15) is 0 Å². The molecule has 4 rings (SSSR count). The fraction of sp³-hybridized carbons (Fsp3) is 0. The fourth-order valence-electron chi connectivity index (χ4n) is 3.10. The summed E-state index contributed by atoms with van der Waals surface area (Å²) in [6.07, 6.45) is 0. The van der Waals surface area contributed by atoms with Gasteiger partial charge < -0.3 is 10.1 Å². The molecule has 3 aromatic carbocycles. The van der Waals surface area contributed by atoms with Crippen LogP contribution in [0.4, 0.5) is 8.78 Å². The largest absolute Gasteiger partial charge is 0.477 e. The molecule has 26 heavy (non-hydrogen) atoms. The maximum Gasteiger partial charge on any atom is 0.352 e. The Balaban J connectivity index is 1.91. The lowest BCUT2D eigenvalue weighted by molar-refractivity contribution is 0.0692. The lowest BCUT2D eigenvalue weighted by atomic mass is 9.99. The molecule has 3 nitrogen and oxygen atoms in total. The van der Waals surface area contributed by atoms with Crippen LogP contribution >= 0.6 is 0 Å². The molecule has 0 aliphatic rings. The fourth-order valence-corrected chi connectivity index (χ4v) is 3.10. The summed E-state index contributed by atoms with van der Waals surface area (Å²) >= 11 is 0. The highest BCUT2D eigenvalue weighted by atomic mass is 19.1. The van der Waals surface area contributed by atoms with Gasteiger partial charge in [-0.1, -0.05) is 36.4 Å². The number of benzene rings is 3. The van der Waals surface area contributed by atoms with E-state index in [0.717, 1.165) is 16.5 Å². The molecule has 2 N–H and O–H groups in total. The van der Waals surface area contributed by atoms with Crippen LogP contribution in [0.25, 0.3) is 33.2 Å². The summed E-state index contributed by atoms with van der Waals surface area (Å²) in [5.41, 5.74) is 3.47. The van der Waals surface area contributed by atoms with Crippen LogP contribution in [0.15, 0.2) is 66.7 Å². The third-order valence-electron chi connectivity index (χ3n) is 4.32. The molecule has 0 fully saturated rings. The number of aromatic nitrogens is 1. The van der Waals surface area contributed by atoms with Crippen molar-refractivity contribution in [2.24, 2.45) is 0 Å². The van der Waals surface area contributed by atoms with Crippen LogP contribution in [0.1, 0.15) is 10.5 Å². The number of nitrogens with one attached hydrogen (secondary N) is 1. The highest BCUT2D eigenvalue weighted by Crippen LogP contribution is 2.35. The SMILES string of the molecule is O=C(O)c1[nH]c2cc(-c3ccc(F)cc3)ccc2c1-c1ccc(F)cc1. The number of aromatic amines is 1. The zero-order valence-electron chi connectivity index (χ0n) is 13.5. The Labute approximate surface area is 147 Å². The zero-order chi connectivity index (χ0) is 18.3. The zero-order valence-corrected chi connectivity index (χ0v) is 13.5. The maximum absolute atomic E-state index is 13.2. The first-order valence-corrected chi connectivity index (χ1v) is 7.94. The van der Waals surface area contributed by atoms with Crippen molar-refractivity contribution in [1.82, 2.24) is 4.98 Å². The van der Waals surface area contributed by atoms with Crippen LogP contribution in [0.2, 0.25) is 0 Å². The number of carboxylic acids is 1. The van der Waals surface area contributed by atoms with Gasteiger partial charge in [0.2, 0.25) is 0 Å². The summed E-state index contributed by atoms with van der Waals surface area (Å²) in [5, 5.41) is 10.3. The molecule has 5 heteroatoms. The van der Waals surface area contributed by atoms with Crippen molar-refractivity contribution in [3.8, 4) is 22.3 Å². The molecule has 0 saturated carbocycles. The van der Waals surface area contributed by atoms with Crippen molar-refractivity contribution >= 4 is 16.9 Å². The Bertz CT molecular complexity index is 1110. The molecule has 4 aromatic rings. The number of H-pyrrole nitrogens is 1. The van der Waals surface area contributed by atoms with E-state index in [1.165, 1.54) is 24.3 Å². The van der Waals surface area contributed by atoms with E-state index in [-0.39, 0.29) is 17.3 Å². The Morgan fingerprint density at radius 2 is 1.31 bits per heavy atom. The normalized spacial score (nSPS) is 11.0. The number of hydrogen-bond acceptors (Lipinski definition) is 1. The van der Waals surface area contributed by atoms with E-state index < -0.39 is 5.97 Å². The van der Waals surface area contributed by atoms with E-state index >= 15 is 0 Å². The minimum Gasteiger partial charge on any atom is -0.477 e. The van der Waals surface area contributed by atoms with Gasteiger partial charge in [-0.05, 0) is 47.0 Å². The van der Waals surface area contributed by atoms with Crippen LogP contribution in [-0.2, 0) is 0 Å². The van der Waals surface area contributed by atoms with Gasteiger partial charge in [-0.15, -0.1) is 0 Å². The van der Waals surface area contributed by atoms with Crippen molar-refractivity contribution in [3.05, 3.63) is 84.1 Å². The molecule has 0 aliphatic heterocycles. The Morgan fingerprint density at radius 1 is 0.769 bits per heavy atom. The van der Waals surface area contributed by atoms with Gasteiger partial charge in [0.15, 0.2) is 0 Å². The van der Waals surface area contributed by atoms with Gasteiger partial charge in [0.25, 0.3) is 0 Å². The molecule has 0 radical (unpaired) electrons. The van der Waals surface area contributed by atoms with Crippen LogP contribution < -0.4 is 0 Å². The van der Waals surface area contributed by atoms with Crippen LogP contribution in [0, 0.1) is 11.6 Å². The highest BCUT2D eigenvalue weighted by molar-refractivity contribution is 6.08. The second-order valence-electron chi connectivity index (χ2n) is 5.95. The van der Waals surface area contributed by atoms with E-state index in [1.54, 1.807) is 24.3 Å². The maximum atomic E-state index is 13.2. The van der Waals surface area contributed by atoms with Crippen molar-refractivity contribution in [3.63, 3.8) is 0 Å². The second-order valence-corrected chi connectivity index (χ2v) is 5.95. The van der Waals surface area contributed by atoms with Gasteiger partial charge in [0.05, 0.1) is 0 Å². The minimum absolute atomic E-state index is 0.0443. The molecule has 0 atom stereocenters. The molecular formula is C21H13F2NO2. The van der Waals surface area contributed by atoms with Crippen molar-refractivity contribution < 1.29 is 18.7 Å². The number of carbonyl (C=O) groups is 1. The van der Waals surface area contributed by atoms with E-state index in [1.807, 2.05) is 18.2 Å². The summed E-state index contributed by atoms with van der Waals surface area (Å²) in [6, 6.07) is 17.3. The summed E-state index contributed by atoms with van der Waals surface area (Å²) in [4.78, 5) is 14.6.